The molecule has 1 aliphatic rings. The lowest BCUT2D eigenvalue weighted by Gasteiger charge is -2.41. The summed E-state index contributed by atoms with van der Waals surface area (Å²) in [5, 5.41) is 10.2. The van der Waals surface area contributed by atoms with E-state index >= 15 is 0 Å². The summed E-state index contributed by atoms with van der Waals surface area (Å²) in [6.07, 6.45) is 4.29. The molecule has 36 heavy (non-hydrogen) atoms. The Morgan fingerprint density at radius 3 is 2.67 bits per heavy atom. The van der Waals surface area contributed by atoms with Crippen molar-refractivity contribution in [1.29, 1.82) is 0 Å². The summed E-state index contributed by atoms with van der Waals surface area (Å²) in [4.78, 5) is 14.8. The number of fused-ring (bicyclic) bond motifs is 2. The van der Waals surface area contributed by atoms with Crippen LogP contribution in [0.1, 0.15) is 55.6 Å². The highest BCUT2D eigenvalue weighted by atomic mass is 16.5. The molecule has 0 unspecified atom stereocenters. The average Bonchev–Trinajstić information content (AvgIpc) is 3.27. The number of carbonyl (C=O) groups is 1. The molecule has 0 saturated carbocycles. The molecule has 0 aliphatic carbocycles. The molecular weight excluding hydrogens is 454 g/mol. The van der Waals surface area contributed by atoms with Crippen LogP contribution in [0.4, 0.5) is 0 Å². The monoisotopic (exact) mass is 493 g/mol. The van der Waals surface area contributed by atoms with Gasteiger partial charge in [-0.25, -0.2) is 0 Å². The lowest BCUT2D eigenvalue weighted by Crippen LogP contribution is -2.54. The van der Waals surface area contributed by atoms with Gasteiger partial charge < -0.3 is 24.9 Å². The van der Waals surface area contributed by atoms with Crippen LogP contribution in [0.25, 0.3) is 10.9 Å². The Balaban J connectivity index is 1.57. The van der Waals surface area contributed by atoms with E-state index in [1.807, 2.05) is 29.0 Å². The van der Waals surface area contributed by atoms with Crippen LogP contribution in [0.15, 0.2) is 42.6 Å². The summed E-state index contributed by atoms with van der Waals surface area (Å²) in [5.41, 5.74) is 9.22. The zero-order valence-corrected chi connectivity index (χ0v) is 21.9. The van der Waals surface area contributed by atoms with Gasteiger partial charge in [-0.1, -0.05) is 13.0 Å². The van der Waals surface area contributed by atoms with Crippen molar-refractivity contribution >= 4 is 16.8 Å². The van der Waals surface area contributed by atoms with Crippen LogP contribution in [0.5, 0.6) is 11.5 Å². The number of rotatable bonds is 8. The number of aliphatic hydroxyl groups excluding tert-OH is 1. The van der Waals surface area contributed by atoms with E-state index in [0.29, 0.717) is 31.7 Å². The number of benzene rings is 2. The second-order valence-corrected chi connectivity index (χ2v) is 10.4. The fourth-order valence-corrected chi connectivity index (χ4v) is 5.31. The standard InChI is InChI=1S/C29H39N3O4/c1-5-21-7-8-25-26(18-21)36-19-29(3,4)32(12-14-35-25)20(2)15-22-16-23-9-11-31(10-6-13-33)27(23)24(17-22)28(30)34/h7-9,11,16-18,20,33H,5-6,10,12-15,19H2,1-4H3,(H2,30,34)/t20-/m1/s1. The van der Waals surface area contributed by atoms with Crippen LogP contribution in [0.3, 0.4) is 0 Å². The molecule has 2 aromatic carbocycles. The maximum absolute atomic E-state index is 12.4. The Bertz CT molecular complexity index is 1220. The van der Waals surface area contributed by atoms with Gasteiger partial charge in [0.15, 0.2) is 11.5 Å². The summed E-state index contributed by atoms with van der Waals surface area (Å²) in [5.74, 6) is 1.16. The molecule has 1 atom stereocenters. The molecule has 0 saturated heterocycles. The second kappa shape index (κ2) is 10.9. The molecule has 0 bridgehead atoms. The van der Waals surface area contributed by atoms with Gasteiger partial charge in [-0.05, 0) is 81.5 Å². The van der Waals surface area contributed by atoms with Gasteiger partial charge in [-0.2, -0.15) is 0 Å². The molecule has 1 aromatic heterocycles. The number of carbonyl (C=O) groups excluding carboxylic acids is 1. The summed E-state index contributed by atoms with van der Waals surface area (Å²) in [6, 6.07) is 12.4. The molecular formula is C29H39N3O4. The Kier molecular flexibility index (Phi) is 7.91. The van der Waals surface area contributed by atoms with Crippen molar-refractivity contribution in [1.82, 2.24) is 9.47 Å². The first-order valence-corrected chi connectivity index (χ1v) is 12.9. The Morgan fingerprint density at radius 1 is 1.14 bits per heavy atom. The molecule has 0 radical (unpaired) electrons. The molecule has 7 nitrogen and oxygen atoms in total. The van der Waals surface area contributed by atoms with Gasteiger partial charge in [0.2, 0.25) is 0 Å². The molecule has 4 rings (SSSR count). The lowest BCUT2D eigenvalue weighted by molar-refractivity contribution is 0.0332. The van der Waals surface area contributed by atoms with E-state index in [1.54, 1.807) is 0 Å². The van der Waals surface area contributed by atoms with Crippen molar-refractivity contribution in [2.45, 2.75) is 65.1 Å². The Morgan fingerprint density at radius 2 is 1.94 bits per heavy atom. The van der Waals surface area contributed by atoms with Crippen molar-refractivity contribution < 1.29 is 19.4 Å². The van der Waals surface area contributed by atoms with Gasteiger partial charge in [0, 0.05) is 42.9 Å². The quantitative estimate of drug-likeness (QED) is 0.492. The third kappa shape index (κ3) is 5.52. The maximum atomic E-state index is 12.4. The number of amides is 1. The van der Waals surface area contributed by atoms with Gasteiger partial charge in [0.1, 0.15) is 13.2 Å². The molecule has 0 fully saturated rings. The van der Waals surface area contributed by atoms with Crippen molar-refractivity contribution in [3.05, 3.63) is 59.3 Å². The van der Waals surface area contributed by atoms with Crippen LogP contribution in [-0.2, 0) is 19.4 Å². The second-order valence-electron chi connectivity index (χ2n) is 10.4. The Hall–Kier alpha value is -3.03. The summed E-state index contributed by atoms with van der Waals surface area (Å²) < 4.78 is 14.4. The molecule has 3 N–H and O–H groups in total. The van der Waals surface area contributed by atoms with E-state index in [4.69, 9.17) is 15.2 Å². The normalized spacial score (nSPS) is 16.8. The number of ether oxygens (including phenoxy) is 2. The molecule has 194 valence electrons. The number of hydrogen-bond donors (Lipinski definition) is 2. The zero-order chi connectivity index (χ0) is 25.9. The van der Waals surface area contributed by atoms with E-state index in [0.717, 1.165) is 47.4 Å². The number of aryl methyl sites for hydroxylation is 2. The first-order chi connectivity index (χ1) is 17.2. The highest BCUT2D eigenvalue weighted by molar-refractivity contribution is 6.05. The number of nitrogens with two attached hydrogens (primary N) is 1. The van der Waals surface area contributed by atoms with Crippen LogP contribution in [0, 0.1) is 0 Å². The van der Waals surface area contributed by atoms with Gasteiger partial charge in [-0.3, -0.25) is 9.69 Å². The average molecular weight is 494 g/mol. The number of primary amides is 1. The van der Waals surface area contributed by atoms with Crippen LogP contribution >= 0.6 is 0 Å². The molecule has 7 heteroatoms. The summed E-state index contributed by atoms with van der Waals surface area (Å²) >= 11 is 0. The Labute approximate surface area is 213 Å². The fraction of sp³-hybridized carbons (Fsp3) is 0.483. The van der Waals surface area contributed by atoms with E-state index < -0.39 is 5.91 Å². The molecule has 0 spiro atoms. The minimum Gasteiger partial charge on any atom is -0.488 e. The first kappa shape index (κ1) is 26.0. The van der Waals surface area contributed by atoms with Crippen LogP contribution in [-0.4, -0.2) is 58.4 Å². The smallest absolute Gasteiger partial charge is 0.250 e. The zero-order valence-electron chi connectivity index (χ0n) is 21.9. The van der Waals surface area contributed by atoms with Crippen molar-refractivity contribution in [3.8, 4) is 11.5 Å². The minimum absolute atomic E-state index is 0.102. The highest BCUT2D eigenvalue weighted by Crippen LogP contribution is 2.32. The number of nitrogens with zero attached hydrogens (tertiary/aromatic N) is 2. The molecule has 1 aliphatic heterocycles. The predicted octanol–water partition coefficient (Wildman–Crippen LogP) is 4.17. The molecule has 1 amide bonds. The fourth-order valence-electron chi connectivity index (χ4n) is 5.31. The largest absolute Gasteiger partial charge is 0.488 e. The first-order valence-electron chi connectivity index (χ1n) is 12.9. The van der Waals surface area contributed by atoms with Gasteiger partial charge in [0.25, 0.3) is 5.91 Å². The van der Waals surface area contributed by atoms with E-state index in [9.17, 15) is 9.90 Å². The van der Waals surface area contributed by atoms with E-state index in [-0.39, 0.29) is 18.2 Å². The van der Waals surface area contributed by atoms with E-state index in [2.05, 4.69) is 50.8 Å². The van der Waals surface area contributed by atoms with E-state index in [1.165, 1.54) is 5.56 Å². The summed E-state index contributed by atoms with van der Waals surface area (Å²) in [6.45, 7) is 11.4. The van der Waals surface area contributed by atoms with Gasteiger partial charge in [-0.15, -0.1) is 0 Å². The topological polar surface area (TPSA) is 90.0 Å². The number of aliphatic hydroxyl groups is 1. The third-order valence-corrected chi connectivity index (χ3v) is 7.17. The SMILES string of the molecule is CCc1ccc2c(c1)OCC(C)(C)N([C@H](C)Cc1cc(C(N)=O)c3c(ccn3CCCO)c1)CCO2. The van der Waals surface area contributed by atoms with Crippen molar-refractivity contribution in [2.75, 3.05) is 26.4 Å². The molecule has 3 aromatic rings. The predicted molar refractivity (Wildman–Crippen MR) is 143 cm³/mol. The highest BCUT2D eigenvalue weighted by Gasteiger charge is 2.33. The number of hydrogen-bond acceptors (Lipinski definition) is 5. The van der Waals surface area contributed by atoms with Crippen LogP contribution < -0.4 is 15.2 Å². The van der Waals surface area contributed by atoms with Crippen molar-refractivity contribution in [3.63, 3.8) is 0 Å². The van der Waals surface area contributed by atoms with Crippen molar-refractivity contribution in [2.24, 2.45) is 5.73 Å². The number of aromatic nitrogens is 1. The van der Waals surface area contributed by atoms with Gasteiger partial charge in [0.05, 0.1) is 11.1 Å². The van der Waals surface area contributed by atoms with Crippen LogP contribution in [0.2, 0.25) is 0 Å². The van der Waals surface area contributed by atoms with Gasteiger partial charge >= 0.3 is 0 Å². The molecule has 2 heterocycles. The third-order valence-electron chi connectivity index (χ3n) is 7.17. The lowest BCUT2D eigenvalue weighted by atomic mass is 9.96. The minimum atomic E-state index is -0.437. The maximum Gasteiger partial charge on any atom is 0.250 e. The summed E-state index contributed by atoms with van der Waals surface area (Å²) in [7, 11) is 0.